The summed E-state index contributed by atoms with van der Waals surface area (Å²) in [6.45, 7) is 5.50. The summed E-state index contributed by atoms with van der Waals surface area (Å²) in [6.07, 6.45) is 3.54. The first-order valence-electron chi connectivity index (χ1n) is 6.02. The van der Waals surface area contributed by atoms with Gasteiger partial charge in [-0.2, -0.15) is 0 Å². The van der Waals surface area contributed by atoms with E-state index < -0.39 is 12.0 Å². The summed E-state index contributed by atoms with van der Waals surface area (Å²) >= 11 is 1.56. The molecule has 0 aromatic rings. The number of nitrogens with zero attached hydrogens (tertiary/aromatic N) is 2. The Bertz CT molecular complexity index is 518. The number of thioether (sulfide) groups is 1. The fourth-order valence-corrected chi connectivity index (χ4v) is 3.52. The number of aliphatic carboxylic acids is 1. The molecule has 0 aromatic carbocycles. The van der Waals surface area contributed by atoms with Crippen molar-refractivity contribution < 1.29 is 14.7 Å². The van der Waals surface area contributed by atoms with E-state index in [2.05, 4.69) is 4.99 Å². The Morgan fingerprint density at radius 1 is 1.53 bits per heavy atom. The first kappa shape index (κ1) is 13.9. The maximum Gasteiger partial charge on any atom is 0.352 e. The van der Waals surface area contributed by atoms with Crippen molar-refractivity contribution in [1.29, 1.82) is 0 Å². The van der Waals surface area contributed by atoms with Gasteiger partial charge in [0.05, 0.1) is 0 Å². The first-order valence-corrected chi connectivity index (χ1v) is 7.07. The third-order valence-electron chi connectivity index (χ3n) is 2.94. The van der Waals surface area contributed by atoms with Crippen molar-refractivity contribution in [2.24, 2.45) is 4.99 Å². The van der Waals surface area contributed by atoms with Crippen LogP contribution < -0.4 is 0 Å². The van der Waals surface area contributed by atoms with Crippen LogP contribution in [0.2, 0.25) is 0 Å². The number of hydrogen-bond donors (Lipinski definition) is 1. The third-order valence-corrected chi connectivity index (χ3v) is 4.23. The van der Waals surface area contributed by atoms with Crippen LogP contribution in [0, 0.1) is 0 Å². The van der Waals surface area contributed by atoms with Gasteiger partial charge in [0.2, 0.25) is 0 Å². The standard InChI is InChI=1S/C13H16N2O3S/c1-4-5-8-6-19-12-9(14-7(2)3)11(16)15(12)10(8)13(17)18/h4-5,9,12H,6H2,1-3H3,(H,17,18)/t9-,12-/m1/s1. The maximum atomic E-state index is 12.1. The molecule has 0 bridgehead atoms. The van der Waals surface area contributed by atoms with Gasteiger partial charge in [-0.05, 0) is 26.3 Å². The number of carboxylic acid groups (broad SMARTS) is 1. The van der Waals surface area contributed by atoms with E-state index >= 15 is 0 Å². The molecule has 2 aliphatic heterocycles. The molecule has 0 aliphatic carbocycles. The van der Waals surface area contributed by atoms with E-state index in [0.717, 1.165) is 5.71 Å². The molecule has 1 N–H and O–H groups in total. The smallest absolute Gasteiger partial charge is 0.352 e. The average molecular weight is 280 g/mol. The molecule has 6 heteroatoms. The molecule has 0 spiro atoms. The van der Waals surface area contributed by atoms with Gasteiger partial charge in [0.1, 0.15) is 11.1 Å². The van der Waals surface area contributed by atoms with Crippen LogP contribution in [-0.2, 0) is 9.59 Å². The molecular formula is C13H16N2O3S. The van der Waals surface area contributed by atoms with Gasteiger partial charge < -0.3 is 5.11 Å². The average Bonchev–Trinajstić information content (AvgIpc) is 2.35. The van der Waals surface area contributed by atoms with Gasteiger partial charge in [-0.3, -0.25) is 14.7 Å². The number of carbonyl (C=O) groups is 2. The minimum Gasteiger partial charge on any atom is -0.477 e. The van der Waals surface area contributed by atoms with Crippen molar-refractivity contribution in [3.63, 3.8) is 0 Å². The number of fused-ring (bicyclic) bond motifs is 1. The molecule has 0 aromatic heterocycles. The lowest BCUT2D eigenvalue weighted by Crippen LogP contribution is -2.64. The number of rotatable bonds is 3. The molecule has 2 atom stereocenters. The van der Waals surface area contributed by atoms with Crippen LogP contribution in [0.4, 0.5) is 0 Å². The number of carboxylic acids is 1. The third kappa shape index (κ3) is 2.32. The number of aliphatic imine (C=N–C) groups is 1. The number of β-lactam (4-membered cyclic amide) rings is 1. The second kappa shape index (κ2) is 5.21. The van der Waals surface area contributed by atoms with Crippen molar-refractivity contribution in [1.82, 2.24) is 4.90 Å². The summed E-state index contributed by atoms with van der Waals surface area (Å²) in [4.78, 5) is 29.1. The van der Waals surface area contributed by atoms with Crippen LogP contribution in [0.1, 0.15) is 20.8 Å². The number of allylic oxidation sites excluding steroid dienone is 2. The van der Waals surface area contributed by atoms with Crippen LogP contribution in [0.25, 0.3) is 0 Å². The monoisotopic (exact) mass is 280 g/mol. The summed E-state index contributed by atoms with van der Waals surface area (Å²) < 4.78 is 0. The van der Waals surface area contributed by atoms with Gasteiger partial charge in [0.15, 0.2) is 6.04 Å². The molecule has 102 valence electrons. The lowest BCUT2D eigenvalue weighted by Gasteiger charge is -2.47. The zero-order valence-corrected chi connectivity index (χ0v) is 11.9. The predicted octanol–water partition coefficient (Wildman–Crippen LogP) is 1.67. The number of carbonyl (C=O) groups excluding carboxylic acids is 1. The summed E-state index contributed by atoms with van der Waals surface area (Å²) in [5.41, 5.74) is 1.62. The highest BCUT2D eigenvalue weighted by molar-refractivity contribution is 8.00. The Morgan fingerprint density at radius 3 is 2.74 bits per heavy atom. The highest BCUT2D eigenvalue weighted by atomic mass is 32.2. The highest BCUT2D eigenvalue weighted by Gasteiger charge is 2.53. The topological polar surface area (TPSA) is 70.0 Å². The fourth-order valence-electron chi connectivity index (χ4n) is 2.22. The van der Waals surface area contributed by atoms with Crippen LogP contribution in [0.15, 0.2) is 28.4 Å². The van der Waals surface area contributed by atoms with Gasteiger partial charge in [0.25, 0.3) is 5.91 Å². The molecule has 1 amide bonds. The number of hydrogen-bond acceptors (Lipinski definition) is 4. The molecule has 0 saturated carbocycles. The van der Waals surface area contributed by atoms with Crippen LogP contribution in [0.5, 0.6) is 0 Å². The lowest BCUT2D eigenvalue weighted by molar-refractivity contribution is -0.147. The minimum atomic E-state index is -1.05. The summed E-state index contributed by atoms with van der Waals surface area (Å²) in [5, 5.41) is 9.13. The lowest BCUT2D eigenvalue weighted by atomic mass is 10.0. The van der Waals surface area contributed by atoms with Gasteiger partial charge in [-0.25, -0.2) is 4.79 Å². The van der Waals surface area contributed by atoms with Crippen molar-refractivity contribution in [3.05, 3.63) is 23.4 Å². The van der Waals surface area contributed by atoms with Crippen molar-refractivity contribution >= 4 is 29.4 Å². The predicted molar refractivity (Wildman–Crippen MR) is 75.1 cm³/mol. The van der Waals surface area contributed by atoms with Gasteiger partial charge in [0, 0.05) is 11.5 Å². The van der Waals surface area contributed by atoms with Crippen molar-refractivity contribution in [2.45, 2.75) is 32.2 Å². The van der Waals surface area contributed by atoms with E-state index in [1.54, 1.807) is 23.9 Å². The summed E-state index contributed by atoms with van der Waals surface area (Å²) in [6, 6.07) is -0.434. The van der Waals surface area contributed by atoms with Crippen molar-refractivity contribution in [3.8, 4) is 0 Å². The first-order chi connectivity index (χ1) is 8.97. The molecule has 1 saturated heterocycles. The largest absolute Gasteiger partial charge is 0.477 e. The second-order valence-corrected chi connectivity index (χ2v) is 5.71. The fraction of sp³-hybridized carbons (Fsp3) is 0.462. The summed E-state index contributed by atoms with van der Waals surface area (Å²) in [7, 11) is 0. The normalized spacial score (nSPS) is 26.3. The number of amides is 1. The van der Waals surface area contributed by atoms with E-state index in [1.165, 1.54) is 4.90 Å². The highest BCUT2D eigenvalue weighted by Crippen LogP contribution is 2.41. The Kier molecular flexibility index (Phi) is 3.80. The Hall–Kier alpha value is -1.56. The molecule has 1 fully saturated rings. The van der Waals surface area contributed by atoms with E-state index in [1.807, 2.05) is 20.8 Å². The van der Waals surface area contributed by atoms with Gasteiger partial charge in [-0.15, -0.1) is 11.8 Å². The van der Waals surface area contributed by atoms with E-state index in [4.69, 9.17) is 0 Å². The Labute approximate surface area is 116 Å². The van der Waals surface area contributed by atoms with E-state index in [-0.39, 0.29) is 17.0 Å². The molecule has 2 aliphatic rings. The van der Waals surface area contributed by atoms with E-state index in [0.29, 0.717) is 11.3 Å². The van der Waals surface area contributed by atoms with Crippen molar-refractivity contribution in [2.75, 3.05) is 5.75 Å². The van der Waals surface area contributed by atoms with E-state index in [9.17, 15) is 14.7 Å². The molecule has 0 radical (unpaired) electrons. The molecule has 5 nitrogen and oxygen atoms in total. The molecule has 2 heterocycles. The molecule has 0 unspecified atom stereocenters. The van der Waals surface area contributed by atoms with Crippen LogP contribution in [-0.4, -0.2) is 44.8 Å². The zero-order chi connectivity index (χ0) is 14.2. The van der Waals surface area contributed by atoms with Crippen LogP contribution >= 0.6 is 11.8 Å². The molecule has 19 heavy (non-hydrogen) atoms. The Balaban J connectivity index is 2.36. The SMILES string of the molecule is CC=CC1=C(C(=O)O)N2C(=O)[C@@H](N=C(C)C)[C@H]2SC1. The van der Waals surface area contributed by atoms with Crippen LogP contribution in [0.3, 0.4) is 0 Å². The zero-order valence-electron chi connectivity index (χ0n) is 11.1. The quantitative estimate of drug-likeness (QED) is 0.630. The summed E-state index contributed by atoms with van der Waals surface area (Å²) in [5.74, 6) is -0.685. The maximum absolute atomic E-state index is 12.1. The minimum absolute atomic E-state index is 0.104. The second-order valence-electron chi connectivity index (χ2n) is 4.61. The molecule has 2 rings (SSSR count). The Morgan fingerprint density at radius 2 is 2.21 bits per heavy atom. The molecular weight excluding hydrogens is 264 g/mol. The van der Waals surface area contributed by atoms with Gasteiger partial charge in [-0.1, -0.05) is 12.2 Å². The van der Waals surface area contributed by atoms with Gasteiger partial charge >= 0.3 is 5.97 Å².